The van der Waals surface area contributed by atoms with E-state index in [1.165, 1.54) is 37.0 Å². The molecule has 2 aromatic carbocycles. The van der Waals surface area contributed by atoms with Gasteiger partial charge in [0.1, 0.15) is 16.5 Å². The van der Waals surface area contributed by atoms with Crippen LogP contribution in [0.3, 0.4) is 0 Å². The molecule has 1 aliphatic heterocycles. The highest BCUT2D eigenvalue weighted by molar-refractivity contribution is 7.13. The SMILES string of the molecule is c1ccc(-c2nccs2)c(Oc2ccc3cc(CN4CCCC4)[nH]c3c2)c1. The van der Waals surface area contributed by atoms with E-state index in [-0.39, 0.29) is 0 Å². The molecule has 4 nitrogen and oxygen atoms in total. The van der Waals surface area contributed by atoms with Crippen LogP contribution in [-0.2, 0) is 6.54 Å². The molecule has 0 aliphatic carbocycles. The van der Waals surface area contributed by atoms with Gasteiger partial charge in [0.15, 0.2) is 0 Å². The summed E-state index contributed by atoms with van der Waals surface area (Å²) in [6.07, 6.45) is 4.46. The molecule has 0 unspecified atom stereocenters. The van der Waals surface area contributed by atoms with E-state index in [0.717, 1.165) is 34.1 Å². The van der Waals surface area contributed by atoms with Crippen molar-refractivity contribution in [2.45, 2.75) is 19.4 Å². The zero-order valence-corrected chi connectivity index (χ0v) is 15.8. The van der Waals surface area contributed by atoms with Crippen molar-refractivity contribution in [2.75, 3.05) is 13.1 Å². The number of benzene rings is 2. The fourth-order valence-corrected chi connectivity index (χ4v) is 4.38. The van der Waals surface area contributed by atoms with Gasteiger partial charge in [-0.15, -0.1) is 11.3 Å². The van der Waals surface area contributed by atoms with Crippen molar-refractivity contribution in [2.24, 2.45) is 0 Å². The molecular weight excluding hydrogens is 354 g/mol. The first-order chi connectivity index (χ1) is 13.3. The number of ether oxygens (including phenoxy) is 1. The van der Waals surface area contributed by atoms with Crippen LogP contribution in [0.25, 0.3) is 21.5 Å². The third-order valence-corrected chi connectivity index (χ3v) is 5.83. The summed E-state index contributed by atoms with van der Waals surface area (Å²) in [6, 6.07) is 16.6. The number of hydrogen-bond acceptors (Lipinski definition) is 4. The topological polar surface area (TPSA) is 41.1 Å². The zero-order chi connectivity index (χ0) is 18.1. The van der Waals surface area contributed by atoms with E-state index in [0.29, 0.717) is 0 Å². The van der Waals surface area contributed by atoms with Gasteiger partial charge in [0.25, 0.3) is 0 Å². The molecule has 0 bridgehead atoms. The first kappa shape index (κ1) is 16.5. The predicted molar refractivity (Wildman–Crippen MR) is 110 cm³/mol. The van der Waals surface area contributed by atoms with Crippen molar-refractivity contribution in [3.8, 4) is 22.1 Å². The lowest BCUT2D eigenvalue weighted by atomic mass is 10.2. The Morgan fingerprint density at radius 1 is 1.07 bits per heavy atom. The molecule has 4 aromatic rings. The lowest BCUT2D eigenvalue weighted by Gasteiger charge is -2.12. The summed E-state index contributed by atoms with van der Waals surface area (Å²) in [7, 11) is 0. The van der Waals surface area contributed by atoms with Crippen LogP contribution in [0.2, 0.25) is 0 Å². The highest BCUT2D eigenvalue weighted by atomic mass is 32.1. The summed E-state index contributed by atoms with van der Waals surface area (Å²) in [5.41, 5.74) is 3.41. The van der Waals surface area contributed by atoms with Crippen LogP contribution < -0.4 is 4.74 Å². The molecule has 0 radical (unpaired) electrons. The number of fused-ring (bicyclic) bond motifs is 1. The molecule has 0 saturated carbocycles. The van der Waals surface area contributed by atoms with Crippen LogP contribution >= 0.6 is 11.3 Å². The maximum atomic E-state index is 6.22. The van der Waals surface area contributed by atoms with E-state index >= 15 is 0 Å². The molecule has 1 fully saturated rings. The summed E-state index contributed by atoms with van der Waals surface area (Å²) in [5, 5.41) is 4.18. The Balaban J connectivity index is 1.41. The maximum Gasteiger partial charge on any atom is 0.137 e. The second-order valence-electron chi connectivity index (χ2n) is 6.96. The summed E-state index contributed by atoms with van der Waals surface area (Å²) < 4.78 is 6.22. The molecule has 0 atom stereocenters. The molecular formula is C22H21N3OS. The molecule has 2 aromatic heterocycles. The number of hydrogen-bond donors (Lipinski definition) is 1. The first-order valence-corrected chi connectivity index (χ1v) is 10.2. The third-order valence-electron chi connectivity index (χ3n) is 5.02. The number of H-pyrrole nitrogens is 1. The second kappa shape index (κ2) is 7.18. The van der Waals surface area contributed by atoms with E-state index in [2.05, 4.69) is 39.1 Å². The van der Waals surface area contributed by atoms with Crippen LogP contribution in [0.5, 0.6) is 11.5 Å². The highest BCUT2D eigenvalue weighted by Crippen LogP contribution is 2.35. The monoisotopic (exact) mass is 375 g/mol. The smallest absolute Gasteiger partial charge is 0.137 e. The lowest BCUT2D eigenvalue weighted by molar-refractivity contribution is 0.328. The second-order valence-corrected chi connectivity index (χ2v) is 7.86. The van der Waals surface area contributed by atoms with Crippen LogP contribution in [-0.4, -0.2) is 28.0 Å². The lowest BCUT2D eigenvalue weighted by Crippen LogP contribution is -2.18. The minimum absolute atomic E-state index is 0.829. The molecule has 1 N–H and O–H groups in total. The van der Waals surface area contributed by atoms with Crippen molar-refractivity contribution in [3.63, 3.8) is 0 Å². The Bertz CT molecular complexity index is 1050. The van der Waals surface area contributed by atoms with Gasteiger partial charge in [-0.2, -0.15) is 0 Å². The van der Waals surface area contributed by atoms with Crippen molar-refractivity contribution < 1.29 is 4.74 Å². The molecule has 27 heavy (non-hydrogen) atoms. The van der Waals surface area contributed by atoms with Crippen molar-refractivity contribution in [1.29, 1.82) is 0 Å². The van der Waals surface area contributed by atoms with Gasteiger partial charge in [0.2, 0.25) is 0 Å². The van der Waals surface area contributed by atoms with E-state index < -0.39 is 0 Å². The van der Waals surface area contributed by atoms with Crippen molar-refractivity contribution >= 4 is 22.2 Å². The normalized spacial score (nSPS) is 14.8. The predicted octanol–water partition coefficient (Wildman–Crippen LogP) is 5.68. The van der Waals surface area contributed by atoms with Gasteiger partial charge in [-0.3, -0.25) is 4.90 Å². The van der Waals surface area contributed by atoms with Gasteiger partial charge >= 0.3 is 0 Å². The van der Waals surface area contributed by atoms with Gasteiger partial charge in [0, 0.05) is 35.4 Å². The summed E-state index contributed by atoms with van der Waals surface area (Å²) >= 11 is 1.62. The average Bonchev–Trinajstić information content (AvgIpc) is 3.44. The Morgan fingerprint density at radius 2 is 1.96 bits per heavy atom. The van der Waals surface area contributed by atoms with Crippen molar-refractivity contribution in [3.05, 3.63) is 65.8 Å². The molecule has 1 saturated heterocycles. The number of para-hydroxylation sites is 1. The molecule has 0 amide bonds. The zero-order valence-electron chi connectivity index (χ0n) is 15.0. The Labute approximate surface area is 162 Å². The standard InChI is InChI=1S/C22H21N3OS/c1-2-6-21(19(5-1)22-23-9-12-27-22)26-18-8-7-16-13-17(24-20(16)14-18)15-25-10-3-4-11-25/h1-2,5-9,12-14,24H,3-4,10-11,15H2. The Hall–Kier alpha value is -2.63. The van der Waals surface area contributed by atoms with E-state index in [4.69, 9.17) is 4.74 Å². The van der Waals surface area contributed by atoms with Gasteiger partial charge in [0.05, 0.1) is 5.56 Å². The molecule has 1 aliphatic rings. The fourth-order valence-electron chi connectivity index (χ4n) is 3.71. The molecule has 5 rings (SSSR count). The largest absolute Gasteiger partial charge is 0.457 e. The third kappa shape index (κ3) is 3.48. The number of thiazole rings is 1. The van der Waals surface area contributed by atoms with E-state index in [1.54, 1.807) is 11.3 Å². The minimum Gasteiger partial charge on any atom is -0.457 e. The molecule has 5 heteroatoms. The van der Waals surface area contributed by atoms with Gasteiger partial charge in [-0.05, 0) is 61.6 Å². The highest BCUT2D eigenvalue weighted by Gasteiger charge is 2.14. The van der Waals surface area contributed by atoms with Crippen LogP contribution in [0.4, 0.5) is 0 Å². The molecule has 0 spiro atoms. The minimum atomic E-state index is 0.829. The number of nitrogens with zero attached hydrogens (tertiary/aromatic N) is 2. The average molecular weight is 375 g/mol. The molecule has 3 heterocycles. The van der Waals surface area contributed by atoms with Crippen LogP contribution in [0.1, 0.15) is 18.5 Å². The Morgan fingerprint density at radius 3 is 2.81 bits per heavy atom. The van der Waals surface area contributed by atoms with Crippen molar-refractivity contribution in [1.82, 2.24) is 14.9 Å². The fraction of sp³-hybridized carbons (Fsp3) is 0.227. The van der Waals surface area contributed by atoms with Gasteiger partial charge in [-0.25, -0.2) is 4.98 Å². The number of rotatable bonds is 5. The number of nitrogens with one attached hydrogen (secondary N) is 1. The summed E-state index contributed by atoms with van der Waals surface area (Å²) in [6.45, 7) is 3.41. The maximum absolute atomic E-state index is 6.22. The van der Waals surface area contributed by atoms with Gasteiger partial charge in [-0.1, -0.05) is 12.1 Å². The van der Waals surface area contributed by atoms with E-state index in [9.17, 15) is 0 Å². The number of likely N-dealkylation sites (tertiary alicyclic amines) is 1. The van der Waals surface area contributed by atoms with Crippen LogP contribution in [0.15, 0.2) is 60.1 Å². The summed E-state index contributed by atoms with van der Waals surface area (Å²) in [5.74, 6) is 1.66. The number of aromatic nitrogens is 2. The summed E-state index contributed by atoms with van der Waals surface area (Å²) in [4.78, 5) is 10.5. The van der Waals surface area contributed by atoms with E-state index in [1.807, 2.05) is 35.8 Å². The first-order valence-electron chi connectivity index (χ1n) is 9.36. The van der Waals surface area contributed by atoms with Crippen LogP contribution in [0, 0.1) is 0 Å². The van der Waals surface area contributed by atoms with Gasteiger partial charge < -0.3 is 9.72 Å². The quantitative estimate of drug-likeness (QED) is 0.488. The molecule has 136 valence electrons. The number of aromatic amines is 1. The Kier molecular flexibility index (Phi) is 4.40.